The minimum atomic E-state index is -0.360. The number of rotatable bonds is 7. The van der Waals surface area contributed by atoms with Gasteiger partial charge in [0.1, 0.15) is 6.54 Å². The van der Waals surface area contributed by atoms with E-state index in [1.165, 1.54) is 11.1 Å². The Kier molecular flexibility index (Phi) is 6.14. The number of hydrogen-bond acceptors (Lipinski definition) is 6. The summed E-state index contributed by atoms with van der Waals surface area (Å²) in [5.74, 6) is -0.451. The summed E-state index contributed by atoms with van der Waals surface area (Å²) in [6.45, 7) is 5.49. The number of aryl methyl sites for hydroxylation is 2. The zero-order chi connectivity index (χ0) is 22.8. The molecule has 168 valence electrons. The summed E-state index contributed by atoms with van der Waals surface area (Å²) < 4.78 is 6.97. The summed E-state index contributed by atoms with van der Waals surface area (Å²) in [7, 11) is 3.66. The number of nitrogens with zero attached hydrogens (tertiary/aromatic N) is 5. The van der Waals surface area contributed by atoms with Gasteiger partial charge in [0, 0.05) is 38.3 Å². The molecule has 1 aromatic heterocycles. The molecule has 0 saturated carbocycles. The molecular weight excluding hydrogens is 406 g/mol. The molecule has 1 aliphatic rings. The molecule has 8 nitrogen and oxygen atoms in total. The van der Waals surface area contributed by atoms with Crippen LogP contribution >= 0.6 is 0 Å². The first kappa shape index (κ1) is 21.8. The van der Waals surface area contributed by atoms with E-state index in [1.54, 1.807) is 28.6 Å². The van der Waals surface area contributed by atoms with Crippen LogP contribution in [-0.4, -0.2) is 58.4 Å². The van der Waals surface area contributed by atoms with Gasteiger partial charge in [-0.1, -0.05) is 24.3 Å². The maximum absolute atomic E-state index is 13.3. The van der Waals surface area contributed by atoms with Crippen molar-refractivity contribution in [2.75, 3.05) is 31.6 Å². The fourth-order valence-corrected chi connectivity index (χ4v) is 4.18. The highest BCUT2D eigenvalue weighted by molar-refractivity contribution is 5.89. The second-order valence-electron chi connectivity index (χ2n) is 8.14. The Labute approximate surface area is 187 Å². The van der Waals surface area contributed by atoms with Crippen LogP contribution in [0.1, 0.15) is 23.6 Å². The fraction of sp³-hybridized carbons (Fsp3) is 0.375. The molecule has 0 radical (unpaired) electrons. The lowest BCUT2D eigenvalue weighted by molar-refractivity contribution is -0.145. The number of benzene rings is 2. The molecule has 0 spiro atoms. The molecule has 1 aliphatic heterocycles. The number of likely N-dealkylation sites (N-methyl/N-ethyl adjacent to an activating group) is 1. The molecule has 0 atom stereocenters. The van der Waals surface area contributed by atoms with Crippen LogP contribution in [0.5, 0.6) is 0 Å². The summed E-state index contributed by atoms with van der Waals surface area (Å²) in [6, 6.07) is 12.2. The third-order valence-electron chi connectivity index (χ3n) is 5.97. The van der Waals surface area contributed by atoms with E-state index in [0.29, 0.717) is 19.7 Å². The lowest BCUT2D eigenvalue weighted by Gasteiger charge is -2.31. The van der Waals surface area contributed by atoms with Crippen LogP contribution in [0.3, 0.4) is 0 Å². The average molecular weight is 436 g/mol. The van der Waals surface area contributed by atoms with Gasteiger partial charge in [0.05, 0.1) is 24.9 Å². The third kappa shape index (κ3) is 4.31. The number of esters is 1. The number of hydrogen-bond donors (Lipinski definition) is 0. The predicted molar refractivity (Wildman–Crippen MR) is 123 cm³/mol. The van der Waals surface area contributed by atoms with Crippen molar-refractivity contribution in [3.8, 4) is 0 Å². The van der Waals surface area contributed by atoms with Crippen molar-refractivity contribution >= 4 is 28.5 Å². The summed E-state index contributed by atoms with van der Waals surface area (Å²) in [6.07, 6.45) is 1.81. The number of carbonyl (C=O) groups is 2. The Morgan fingerprint density at radius 1 is 1.12 bits per heavy atom. The normalized spacial score (nSPS) is 13.2. The molecule has 0 saturated heterocycles. The van der Waals surface area contributed by atoms with E-state index in [-0.39, 0.29) is 25.0 Å². The van der Waals surface area contributed by atoms with Crippen molar-refractivity contribution in [3.63, 3.8) is 0 Å². The molecule has 1 amide bonds. The van der Waals surface area contributed by atoms with Gasteiger partial charge >= 0.3 is 5.97 Å². The van der Waals surface area contributed by atoms with Gasteiger partial charge in [0.2, 0.25) is 0 Å². The Hall–Kier alpha value is -3.39. The topological polar surface area (TPSA) is 70.9 Å². The average Bonchev–Trinajstić information content (AvgIpc) is 3.35. The number of carbonyl (C=O) groups excluding carboxylic acids is 2. The highest BCUT2D eigenvalue weighted by Gasteiger charge is 2.27. The first-order valence-electron chi connectivity index (χ1n) is 10.8. The van der Waals surface area contributed by atoms with Crippen molar-refractivity contribution in [1.82, 2.24) is 19.8 Å². The maximum atomic E-state index is 13.3. The molecule has 0 N–H and O–H groups in total. The Bertz CT molecular complexity index is 1130. The molecule has 2 heterocycles. The van der Waals surface area contributed by atoms with Gasteiger partial charge in [-0.2, -0.15) is 5.10 Å². The van der Waals surface area contributed by atoms with Crippen molar-refractivity contribution in [2.24, 2.45) is 7.05 Å². The number of anilines is 1. The number of amides is 1. The first-order valence-corrected chi connectivity index (χ1v) is 10.8. The van der Waals surface area contributed by atoms with Gasteiger partial charge in [-0.3, -0.25) is 19.3 Å². The van der Waals surface area contributed by atoms with Gasteiger partial charge in [0.25, 0.3) is 5.91 Å². The molecule has 32 heavy (non-hydrogen) atoms. The number of fused-ring (bicyclic) bond motifs is 2. The van der Waals surface area contributed by atoms with Crippen LogP contribution in [0.25, 0.3) is 10.9 Å². The summed E-state index contributed by atoms with van der Waals surface area (Å²) in [5, 5.41) is 9.01. The van der Waals surface area contributed by atoms with Crippen LogP contribution in [0.2, 0.25) is 0 Å². The summed E-state index contributed by atoms with van der Waals surface area (Å²) >= 11 is 0. The Morgan fingerprint density at radius 2 is 1.81 bits per heavy atom. The number of ether oxygens (including phenoxy) is 1. The van der Waals surface area contributed by atoms with Crippen LogP contribution in [-0.2, 0) is 34.5 Å². The fourth-order valence-electron chi connectivity index (χ4n) is 4.18. The van der Waals surface area contributed by atoms with E-state index in [2.05, 4.69) is 17.2 Å². The smallest absolute Gasteiger partial charge is 0.325 e. The Morgan fingerprint density at radius 3 is 2.47 bits per heavy atom. The van der Waals surface area contributed by atoms with Gasteiger partial charge < -0.3 is 9.64 Å². The third-order valence-corrected chi connectivity index (χ3v) is 5.97. The lowest BCUT2D eigenvalue weighted by Crippen LogP contribution is -2.47. The zero-order valence-electron chi connectivity index (χ0n) is 19.0. The highest BCUT2D eigenvalue weighted by atomic mass is 16.5. The van der Waals surface area contributed by atoms with E-state index >= 15 is 0 Å². The molecular formula is C24H29N5O3. The molecule has 0 bridgehead atoms. The number of hydrazine groups is 1. The van der Waals surface area contributed by atoms with E-state index in [0.717, 1.165) is 22.2 Å². The van der Waals surface area contributed by atoms with Crippen molar-refractivity contribution < 1.29 is 14.3 Å². The SMILES string of the molecule is CCOC(=O)CN(CC(=O)N(C)N1Cc2ccccc2C1)c1cc2c(cnn2C)cc1C. The second kappa shape index (κ2) is 9.00. The van der Waals surface area contributed by atoms with Crippen molar-refractivity contribution in [3.05, 3.63) is 59.3 Å². The van der Waals surface area contributed by atoms with Gasteiger partial charge in [-0.25, -0.2) is 5.01 Å². The molecule has 3 aromatic rings. The summed E-state index contributed by atoms with van der Waals surface area (Å²) in [5.41, 5.74) is 5.19. The molecule has 2 aromatic carbocycles. The van der Waals surface area contributed by atoms with Crippen molar-refractivity contribution in [2.45, 2.75) is 26.9 Å². The van der Waals surface area contributed by atoms with E-state index in [4.69, 9.17) is 4.74 Å². The quantitative estimate of drug-likeness (QED) is 0.532. The molecule has 0 fully saturated rings. The largest absolute Gasteiger partial charge is 0.465 e. The zero-order valence-corrected chi connectivity index (χ0v) is 19.0. The minimum Gasteiger partial charge on any atom is -0.465 e. The van der Waals surface area contributed by atoms with Crippen LogP contribution in [0.15, 0.2) is 42.6 Å². The molecule has 4 rings (SSSR count). The Balaban J connectivity index is 1.57. The van der Waals surface area contributed by atoms with E-state index in [9.17, 15) is 9.59 Å². The van der Waals surface area contributed by atoms with Crippen LogP contribution in [0, 0.1) is 6.92 Å². The monoisotopic (exact) mass is 435 g/mol. The number of aromatic nitrogens is 2. The van der Waals surface area contributed by atoms with Crippen LogP contribution in [0.4, 0.5) is 5.69 Å². The van der Waals surface area contributed by atoms with E-state index in [1.807, 2.05) is 49.4 Å². The van der Waals surface area contributed by atoms with Crippen LogP contribution < -0.4 is 4.90 Å². The first-order chi connectivity index (χ1) is 15.4. The van der Waals surface area contributed by atoms with Gasteiger partial charge in [0.15, 0.2) is 0 Å². The standard InChI is InChI=1S/C24H29N5O3/c1-5-32-24(31)16-28(21-11-22-20(10-17(21)2)12-25-26(22)3)15-23(30)27(4)29-13-18-8-6-7-9-19(18)14-29/h6-12H,5,13-16H2,1-4H3. The molecule has 0 aliphatic carbocycles. The maximum Gasteiger partial charge on any atom is 0.325 e. The second-order valence-corrected chi connectivity index (χ2v) is 8.14. The molecule has 0 unspecified atom stereocenters. The lowest BCUT2D eigenvalue weighted by atomic mass is 10.1. The van der Waals surface area contributed by atoms with E-state index < -0.39 is 0 Å². The van der Waals surface area contributed by atoms with Crippen molar-refractivity contribution in [1.29, 1.82) is 0 Å². The highest BCUT2D eigenvalue weighted by Crippen LogP contribution is 2.27. The predicted octanol–water partition coefficient (Wildman–Crippen LogP) is 2.64. The minimum absolute atomic E-state index is 0.00214. The molecule has 8 heteroatoms. The van der Waals surface area contributed by atoms with Gasteiger partial charge in [-0.15, -0.1) is 0 Å². The summed E-state index contributed by atoms with van der Waals surface area (Å²) in [4.78, 5) is 27.4. The van der Waals surface area contributed by atoms with Gasteiger partial charge in [-0.05, 0) is 42.7 Å².